The van der Waals surface area contributed by atoms with Gasteiger partial charge in [0.1, 0.15) is 5.54 Å². The standard InChI is InChI=1S/C24H19ClF3N3O3/c1-11-4-7-15-13(9-11)23(22(34)29-15)19-18(16-3-2-8-30(16)23)20(32)31(21(19)33)17-10-12(24(26,27)28)5-6-14(17)25/h4-7,9-10,16,18-19H,2-3,8H2,1H3,(H,29,34)/t16-,18-,19+,23-/m1/s1. The van der Waals surface area contributed by atoms with Crippen molar-refractivity contribution in [3.8, 4) is 0 Å². The van der Waals surface area contributed by atoms with Crippen LogP contribution in [0, 0.1) is 18.8 Å². The molecule has 1 N–H and O–H groups in total. The molecule has 4 atom stereocenters. The molecule has 6 nitrogen and oxygen atoms in total. The van der Waals surface area contributed by atoms with E-state index in [0.29, 0.717) is 24.2 Å². The van der Waals surface area contributed by atoms with Crippen molar-refractivity contribution in [1.29, 1.82) is 0 Å². The number of rotatable bonds is 1. The molecule has 6 rings (SSSR count). The molecule has 4 heterocycles. The van der Waals surface area contributed by atoms with Gasteiger partial charge in [-0.3, -0.25) is 19.3 Å². The molecule has 0 radical (unpaired) electrons. The van der Waals surface area contributed by atoms with Crippen molar-refractivity contribution < 1.29 is 27.6 Å². The number of imide groups is 1. The number of anilines is 2. The zero-order valence-electron chi connectivity index (χ0n) is 17.9. The van der Waals surface area contributed by atoms with Gasteiger partial charge in [-0.25, -0.2) is 4.90 Å². The number of amides is 3. The van der Waals surface area contributed by atoms with E-state index in [4.69, 9.17) is 11.6 Å². The van der Waals surface area contributed by atoms with Gasteiger partial charge in [-0.1, -0.05) is 29.3 Å². The molecule has 34 heavy (non-hydrogen) atoms. The first-order valence-corrected chi connectivity index (χ1v) is 11.4. The van der Waals surface area contributed by atoms with Gasteiger partial charge in [0.15, 0.2) is 0 Å². The van der Waals surface area contributed by atoms with E-state index in [1.54, 1.807) is 6.07 Å². The quantitative estimate of drug-likeness (QED) is 0.612. The maximum absolute atomic E-state index is 13.9. The van der Waals surface area contributed by atoms with Crippen LogP contribution in [0.25, 0.3) is 0 Å². The average Bonchev–Trinajstić information content (AvgIpc) is 3.47. The predicted octanol–water partition coefficient (Wildman–Crippen LogP) is 4.10. The maximum Gasteiger partial charge on any atom is 0.416 e. The number of carbonyl (C=O) groups is 3. The van der Waals surface area contributed by atoms with Crippen LogP contribution in [0.1, 0.15) is 29.5 Å². The number of benzene rings is 2. The number of fused-ring (bicyclic) bond motifs is 7. The summed E-state index contributed by atoms with van der Waals surface area (Å²) in [7, 11) is 0. The molecule has 176 valence electrons. The number of nitrogens with zero attached hydrogens (tertiary/aromatic N) is 2. The van der Waals surface area contributed by atoms with E-state index in [9.17, 15) is 27.6 Å². The lowest BCUT2D eigenvalue weighted by molar-refractivity contribution is -0.137. The second-order valence-electron chi connectivity index (χ2n) is 9.35. The first kappa shape index (κ1) is 21.6. The Morgan fingerprint density at radius 2 is 1.85 bits per heavy atom. The first-order valence-electron chi connectivity index (χ1n) is 11.0. The van der Waals surface area contributed by atoms with Crippen LogP contribution in [-0.2, 0) is 26.1 Å². The van der Waals surface area contributed by atoms with E-state index >= 15 is 0 Å². The van der Waals surface area contributed by atoms with Crippen LogP contribution in [0.4, 0.5) is 24.5 Å². The van der Waals surface area contributed by atoms with Gasteiger partial charge >= 0.3 is 6.18 Å². The number of alkyl halides is 3. The van der Waals surface area contributed by atoms with Crippen molar-refractivity contribution in [3.63, 3.8) is 0 Å². The van der Waals surface area contributed by atoms with Gasteiger partial charge in [-0.15, -0.1) is 0 Å². The molecule has 0 aromatic heterocycles. The summed E-state index contributed by atoms with van der Waals surface area (Å²) < 4.78 is 40.2. The molecule has 10 heteroatoms. The van der Waals surface area contributed by atoms with E-state index < -0.39 is 40.9 Å². The summed E-state index contributed by atoms with van der Waals surface area (Å²) in [6.07, 6.45) is -3.32. The number of aryl methyl sites for hydroxylation is 1. The molecule has 4 aliphatic heterocycles. The lowest BCUT2D eigenvalue weighted by Crippen LogP contribution is -2.54. The Balaban J connectivity index is 1.54. The molecule has 2 aromatic carbocycles. The van der Waals surface area contributed by atoms with Crippen molar-refractivity contribution >= 4 is 40.7 Å². The van der Waals surface area contributed by atoms with Crippen LogP contribution in [-0.4, -0.2) is 35.2 Å². The van der Waals surface area contributed by atoms with Gasteiger partial charge in [-0.05, 0) is 50.6 Å². The molecule has 0 unspecified atom stereocenters. The summed E-state index contributed by atoms with van der Waals surface area (Å²) in [6, 6.07) is 7.68. The Bertz CT molecular complexity index is 1300. The Morgan fingerprint density at radius 3 is 2.59 bits per heavy atom. The topological polar surface area (TPSA) is 69.7 Å². The maximum atomic E-state index is 13.9. The minimum atomic E-state index is -4.67. The minimum Gasteiger partial charge on any atom is -0.324 e. The summed E-state index contributed by atoms with van der Waals surface area (Å²) in [6.45, 7) is 2.42. The molecule has 4 aliphatic rings. The fourth-order valence-corrected chi connectivity index (χ4v) is 6.62. The molecule has 0 aliphatic carbocycles. The van der Waals surface area contributed by atoms with Crippen LogP contribution in [0.3, 0.4) is 0 Å². The number of nitrogens with one attached hydrogen (secondary N) is 1. The van der Waals surface area contributed by atoms with Gasteiger partial charge in [0.05, 0.1) is 28.1 Å². The summed E-state index contributed by atoms with van der Waals surface area (Å²) in [5, 5.41) is 2.74. The molecule has 3 fully saturated rings. The van der Waals surface area contributed by atoms with Crippen LogP contribution in [0.15, 0.2) is 36.4 Å². The van der Waals surface area contributed by atoms with Gasteiger partial charge in [0, 0.05) is 17.3 Å². The predicted molar refractivity (Wildman–Crippen MR) is 117 cm³/mol. The fraction of sp³-hybridized carbons (Fsp3) is 0.375. The minimum absolute atomic E-state index is 0.140. The average molecular weight is 490 g/mol. The van der Waals surface area contributed by atoms with Crippen molar-refractivity contribution in [3.05, 3.63) is 58.1 Å². The lowest BCUT2D eigenvalue weighted by Gasteiger charge is -2.36. The molecular weight excluding hydrogens is 471 g/mol. The third-order valence-corrected chi connectivity index (χ3v) is 7.98. The molecule has 3 saturated heterocycles. The highest BCUT2D eigenvalue weighted by Gasteiger charge is 2.74. The highest BCUT2D eigenvalue weighted by atomic mass is 35.5. The summed E-state index contributed by atoms with van der Waals surface area (Å²) in [5.41, 5.74) is -0.594. The second kappa shape index (κ2) is 6.82. The van der Waals surface area contributed by atoms with Crippen LogP contribution in [0.2, 0.25) is 5.02 Å². The van der Waals surface area contributed by atoms with E-state index in [0.717, 1.165) is 35.1 Å². The highest BCUT2D eigenvalue weighted by Crippen LogP contribution is 2.61. The van der Waals surface area contributed by atoms with E-state index in [1.165, 1.54) is 0 Å². The highest BCUT2D eigenvalue weighted by molar-refractivity contribution is 6.36. The molecule has 0 saturated carbocycles. The smallest absolute Gasteiger partial charge is 0.324 e. The molecule has 2 aromatic rings. The van der Waals surface area contributed by atoms with Crippen molar-refractivity contribution in [2.45, 2.75) is 37.5 Å². The van der Waals surface area contributed by atoms with Gasteiger partial charge in [0.25, 0.3) is 0 Å². The summed E-state index contributed by atoms with van der Waals surface area (Å²) >= 11 is 6.20. The Hall–Kier alpha value is -2.91. The second-order valence-corrected chi connectivity index (χ2v) is 9.76. The summed E-state index contributed by atoms with van der Waals surface area (Å²) in [4.78, 5) is 43.9. The van der Waals surface area contributed by atoms with E-state index in [2.05, 4.69) is 5.32 Å². The Morgan fingerprint density at radius 1 is 1.09 bits per heavy atom. The lowest BCUT2D eigenvalue weighted by atomic mass is 9.75. The zero-order valence-corrected chi connectivity index (χ0v) is 18.7. The molecular formula is C24H19ClF3N3O3. The number of hydrogen-bond acceptors (Lipinski definition) is 4. The first-order chi connectivity index (χ1) is 16.1. The third-order valence-electron chi connectivity index (χ3n) is 7.66. The van der Waals surface area contributed by atoms with Crippen LogP contribution < -0.4 is 10.2 Å². The number of carbonyl (C=O) groups excluding carboxylic acids is 3. The van der Waals surface area contributed by atoms with Crippen molar-refractivity contribution in [1.82, 2.24) is 4.90 Å². The van der Waals surface area contributed by atoms with Gasteiger partial charge < -0.3 is 5.32 Å². The van der Waals surface area contributed by atoms with Gasteiger partial charge in [-0.2, -0.15) is 13.2 Å². The normalized spacial score (nSPS) is 30.2. The van der Waals surface area contributed by atoms with E-state index in [-0.39, 0.29) is 22.7 Å². The number of halogens is 4. The SMILES string of the molecule is Cc1ccc2c(c1)[C@]1(C(=O)N2)[C@@H]2C(=O)N(c3cc(C(F)(F)F)ccc3Cl)C(=O)[C@@H]2[C@H]2CCCN21. The van der Waals surface area contributed by atoms with Crippen LogP contribution >= 0.6 is 11.6 Å². The largest absolute Gasteiger partial charge is 0.416 e. The van der Waals surface area contributed by atoms with Crippen LogP contribution in [0.5, 0.6) is 0 Å². The van der Waals surface area contributed by atoms with Gasteiger partial charge in [0.2, 0.25) is 17.7 Å². The third kappa shape index (κ3) is 2.54. The monoisotopic (exact) mass is 489 g/mol. The fourth-order valence-electron chi connectivity index (χ4n) is 6.41. The van der Waals surface area contributed by atoms with Crippen molar-refractivity contribution in [2.24, 2.45) is 11.8 Å². The molecule has 1 spiro atoms. The molecule has 3 amide bonds. The zero-order chi connectivity index (χ0) is 24.2. The Kier molecular flexibility index (Phi) is 4.34. The van der Waals surface area contributed by atoms with Crippen molar-refractivity contribution in [2.75, 3.05) is 16.8 Å². The number of hydrogen-bond donors (Lipinski definition) is 1. The Labute approximate surface area is 197 Å². The summed E-state index contributed by atoms with van der Waals surface area (Å²) in [5.74, 6) is -3.60. The molecule has 0 bridgehead atoms. The van der Waals surface area contributed by atoms with E-state index in [1.807, 2.05) is 24.0 Å².